The standard InChI is InChI=1S/C13H15NO4/c15-11-3-4-12(16)14(11)18-13(17)7-10-6-8-1-2-9(10)5-8/h1-2,8-10H,3-7H2/t8-,9-,10-/m0/s1. The highest BCUT2D eigenvalue weighted by Gasteiger charge is 2.38. The highest BCUT2D eigenvalue weighted by molar-refractivity contribution is 6.01. The van der Waals surface area contributed by atoms with Crippen LogP contribution in [-0.4, -0.2) is 22.8 Å². The first-order valence-corrected chi connectivity index (χ1v) is 6.38. The molecule has 2 fully saturated rings. The second-order valence-electron chi connectivity index (χ2n) is 5.29. The number of amides is 2. The van der Waals surface area contributed by atoms with Gasteiger partial charge >= 0.3 is 5.97 Å². The normalized spacial score (nSPS) is 33.6. The van der Waals surface area contributed by atoms with Gasteiger partial charge in [-0.05, 0) is 30.6 Å². The van der Waals surface area contributed by atoms with Crippen LogP contribution in [0.1, 0.15) is 32.1 Å². The number of carbonyl (C=O) groups excluding carboxylic acids is 3. The van der Waals surface area contributed by atoms with Crippen LogP contribution in [-0.2, 0) is 19.2 Å². The summed E-state index contributed by atoms with van der Waals surface area (Å²) in [4.78, 5) is 39.2. The van der Waals surface area contributed by atoms with Gasteiger partial charge in [-0.15, -0.1) is 5.06 Å². The Labute approximate surface area is 105 Å². The zero-order valence-corrected chi connectivity index (χ0v) is 10.0. The molecule has 1 saturated carbocycles. The van der Waals surface area contributed by atoms with Gasteiger partial charge in [0.15, 0.2) is 0 Å². The number of hydrogen-bond acceptors (Lipinski definition) is 4. The second kappa shape index (κ2) is 4.23. The van der Waals surface area contributed by atoms with Crippen LogP contribution in [0.4, 0.5) is 0 Å². The number of hydroxylamine groups is 2. The molecule has 5 nitrogen and oxygen atoms in total. The molecule has 5 heteroatoms. The van der Waals surface area contributed by atoms with Gasteiger partial charge < -0.3 is 4.84 Å². The molecule has 2 amide bonds. The van der Waals surface area contributed by atoms with Crippen molar-refractivity contribution in [2.75, 3.05) is 0 Å². The van der Waals surface area contributed by atoms with E-state index in [1.54, 1.807) is 0 Å². The average Bonchev–Trinajstić information content (AvgIpc) is 3.00. The van der Waals surface area contributed by atoms with Crippen LogP contribution in [0.15, 0.2) is 12.2 Å². The van der Waals surface area contributed by atoms with Crippen LogP contribution in [0, 0.1) is 17.8 Å². The van der Waals surface area contributed by atoms with Gasteiger partial charge in [-0.25, -0.2) is 4.79 Å². The molecule has 0 unspecified atom stereocenters. The molecular formula is C13H15NO4. The number of hydrogen-bond donors (Lipinski definition) is 0. The van der Waals surface area contributed by atoms with Gasteiger partial charge in [0.1, 0.15) is 0 Å². The number of fused-ring (bicyclic) bond motifs is 2. The summed E-state index contributed by atoms with van der Waals surface area (Å²) in [5, 5.41) is 0.630. The summed E-state index contributed by atoms with van der Waals surface area (Å²) in [6.45, 7) is 0. The first kappa shape index (κ1) is 11.4. The van der Waals surface area contributed by atoms with Crippen LogP contribution in [0.3, 0.4) is 0 Å². The van der Waals surface area contributed by atoms with E-state index in [1.807, 2.05) is 0 Å². The molecule has 0 spiro atoms. The Kier molecular flexibility index (Phi) is 2.69. The Morgan fingerprint density at radius 2 is 1.94 bits per heavy atom. The monoisotopic (exact) mass is 249 g/mol. The van der Waals surface area contributed by atoms with E-state index in [-0.39, 0.29) is 12.8 Å². The van der Waals surface area contributed by atoms with Gasteiger partial charge in [0, 0.05) is 12.8 Å². The molecule has 18 heavy (non-hydrogen) atoms. The molecule has 2 bridgehead atoms. The maximum atomic E-state index is 11.7. The Hall–Kier alpha value is -1.65. The smallest absolute Gasteiger partial charge is 0.330 e. The van der Waals surface area contributed by atoms with E-state index in [9.17, 15) is 14.4 Å². The highest BCUT2D eigenvalue weighted by Crippen LogP contribution is 2.45. The van der Waals surface area contributed by atoms with Crippen LogP contribution in [0.25, 0.3) is 0 Å². The summed E-state index contributed by atoms with van der Waals surface area (Å²) in [6.07, 6.45) is 7.09. The summed E-state index contributed by atoms with van der Waals surface area (Å²) in [5.41, 5.74) is 0. The predicted molar refractivity (Wildman–Crippen MR) is 60.6 cm³/mol. The van der Waals surface area contributed by atoms with Crippen LogP contribution in [0.2, 0.25) is 0 Å². The molecule has 1 aliphatic heterocycles. The van der Waals surface area contributed by atoms with Crippen molar-refractivity contribution in [2.45, 2.75) is 32.1 Å². The fourth-order valence-corrected chi connectivity index (χ4v) is 3.14. The largest absolute Gasteiger partial charge is 0.333 e. The number of allylic oxidation sites excluding steroid dienone is 2. The molecule has 96 valence electrons. The van der Waals surface area contributed by atoms with E-state index < -0.39 is 17.8 Å². The second-order valence-corrected chi connectivity index (χ2v) is 5.29. The topological polar surface area (TPSA) is 63.7 Å². The van der Waals surface area contributed by atoms with E-state index in [0.29, 0.717) is 29.2 Å². The molecule has 0 aromatic heterocycles. The number of nitrogens with zero attached hydrogens (tertiary/aromatic N) is 1. The predicted octanol–water partition coefficient (Wildman–Crippen LogP) is 1.20. The molecule has 0 aromatic carbocycles. The van der Waals surface area contributed by atoms with Gasteiger partial charge in [0.05, 0.1) is 6.42 Å². The lowest BCUT2D eigenvalue weighted by Gasteiger charge is -2.18. The number of rotatable bonds is 3. The first-order chi connectivity index (χ1) is 8.63. The Balaban J connectivity index is 1.55. The van der Waals surface area contributed by atoms with Crippen molar-refractivity contribution in [3.05, 3.63) is 12.2 Å². The minimum Gasteiger partial charge on any atom is -0.330 e. The quantitative estimate of drug-likeness (QED) is 0.557. The van der Waals surface area contributed by atoms with E-state index in [1.165, 1.54) is 0 Å². The van der Waals surface area contributed by atoms with Gasteiger partial charge in [-0.3, -0.25) is 9.59 Å². The van der Waals surface area contributed by atoms with Crippen LogP contribution in [0.5, 0.6) is 0 Å². The lowest BCUT2D eigenvalue weighted by Crippen LogP contribution is -2.32. The third kappa shape index (κ3) is 1.94. The van der Waals surface area contributed by atoms with Gasteiger partial charge in [0.25, 0.3) is 11.8 Å². The molecule has 3 atom stereocenters. The van der Waals surface area contributed by atoms with Crippen molar-refractivity contribution in [1.29, 1.82) is 0 Å². The molecule has 3 rings (SSSR count). The molecule has 0 radical (unpaired) electrons. The average molecular weight is 249 g/mol. The molecule has 0 N–H and O–H groups in total. The summed E-state index contributed by atoms with van der Waals surface area (Å²) in [7, 11) is 0. The summed E-state index contributed by atoms with van der Waals surface area (Å²) < 4.78 is 0. The maximum Gasteiger partial charge on any atom is 0.333 e. The Bertz CT molecular complexity index is 426. The summed E-state index contributed by atoms with van der Waals surface area (Å²) in [6, 6.07) is 0. The zero-order valence-electron chi connectivity index (χ0n) is 10.0. The van der Waals surface area contributed by atoms with Gasteiger partial charge in [0.2, 0.25) is 0 Å². The Morgan fingerprint density at radius 1 is 1.22 bits per heavy atom. The molecule has 2 aliphatic carbocycles. The van der Waals surface area contributed by atoms with Crippen LogP contribution < -0.4 is 0 Å². The van der Waals surface area contributed by atoms with Crippen molar-refractivity contribution < 1.29 is 19.2 Å². The van der Waals surface area contributed by atoms with E-state index >= 15 is 0 Å². The first-order valence-electron chi connectivity index (χ1n) is 6.38. The van der Waals surface area contributed by atoms with Crippen molar-refractivity contribution in [3.8, 4) is 0 Å². The summed E-state index contributed by atoms with van der Waals surface area (Å²) in [5.74, 6) is 0.0719. The fraction of sp³-hybridized carbons (Fsp3) is 0.615. The highest BCUT2D eigenvalue weighted by atomic mass is 16.7. The van der Waals surface area contributed by atoms with Crippen LogP contribution >= 0.6 is 0 Å². The van der Waals surface area contributed by atoms with Gasteiger partial charge in [-0.1, -0.05) is 12.2 Å². The van der Waals surface area contributed by atoms with Crippen molar-refractivity contribution in [2.24, 2.45) is 17.8 Å². The lowest BCUT2D eigenvalue weighted by atomic mass is 9.91. The Morgan fingerprint density at radius 3 is 2.50 bits per heavy atom. The maximum absolute atomic E-state index is 11.7. The summed E-state index contributed by atoms with van der Waals surface area (Å²) >= 11 is 0. The fourth-order valence-electron chi connectivity index (χ4n) is 3.14. The van der Waals surface area contributed by atoms with E-state index in [0.717, 1.165) is 12.8 Å². The number of carbonyl (C=O) groups is 3. The number of imide groups is 1. The third-order valence-corrected chi connectivity index (χ3v) is 4.04. The SMILES string of the molecule is O=C(C[C@@H]1C[C@H]2C=C[C@H]1C2)ON1C(=O)CCC1=O. The molecular weight excluding hydrogens is 234 g/mol. The minimum atomic E-state index is -0.468. The van der Waals surface area contributed by atoms with Gasteiger partial charge in [-0.2, -0.15) is 0 Å². The van der Waals surface area contributed by atoms with E-state index in [4.69, 9.17) is 4.84 Å². The molecule has 1 saturated heterocycles. The zero-order chi connectivity index (χ0) is 12.7. The molecule has 3 aliphatic rings. The van der Waals surface area contributed by atoms with Crippen molar-refractivity contribution in [1.82, 2.24) is 5.06 Å². The minimum absolute atomic E-state index is 0.142. The molecule has 0 aromatic rings. The third-order valence-electron chi connectivity index (χ3n) is 4.04. The molecule has 1 heterocycles. The van der Waals surface area contributed by atoms with Crippen molar-refractivity contribution in [3.63, 3.8) is 0 Å². The lowest BCUT2D eigenvalue weighted by molar-refractivity contribution is -0.198. The van der Waals surface area contributed by atoms with Crippen molar-refractivity contribution >= 4 is 17.8 Å². The van der Waals surface area contributed by atoms with E-state index in [2.05, 4.69) is 12.2 Å².